The molecule has 0 fully saturated rings. The van der Waals surface area contributed by atoms with Gasteiger partial charge in [0.25, 0.3) is 0 Å². The molecule has 5 nitrogen and oxygen atoms in total. The van der Waals surface area contributed by atoms with Crippen molar-refractivity contribution < 1.29 is 4.42 Å². The Morgan fingerprint density at radius 3 is 2.94 bits per heavy atom. The smallest absolute Gasteiger partial charge is 0.192 e. The molecule has 0 atom stereocenters. The molecule has 1 aromatic carbocycles. The third-order valence-electron chi connectivity index (χ3n) is 2.52. The van der Waals surface area contributed by atoms with Gasteiger partial charge < -0.3 is 10.2 Å². The molecule has 86 valence electrons. The van der Waals surface area contributed by atoms with Crippen LogP contribution in [0.15, 0.2) is 27.1 Å². The molecule has 0 radical (unpaired) electrons. The molecule has 2 aromatic heterocycles. The number of hydrogen-bond acceptors (Lipinski definition) is 4. The highest BCUT2D eigenvalue weighted by Gasteiger charge is 2.11. The van der Waals surface area contributed by atoms with E-state index in [2.05, 4.69) is 31.1 Å². The van der Waals surface area contributed by atoms with Crippen LogP contribution >= 0.6 is 15.9 Å². The number of aromatic nitrogens is 3. The van der Waals surface area contributed by atoms with Gasteiger partial charge in [-0.25, -0.2) is 4.98 Å². The molecule has 3 rings (SSSR count). The van der Waals surface area contributed by atoms with E-state index in [-0.39, 0.29) is 0 Å². The Bertz CT molecular complexity index is 701. The Hall–Kier alpha value is -1.82. The molecule has 0 aliphatic rings. The quantitative estimate of drug-likeness (QED) is 0.723. The number of oxazole rings is 1. The molecular formula is C11H9BrN4O. The molecular weight excluding hydrogens is 284 g/mol. The normalized spacial score (nSPS) is 11.2. The zero-order valence-corrected chi connectivity index (χ0v) is 10.6. The number of H-pyrrole nitrogens is 1. The van der Waals surface area contributed by atoms with Crippen LogP contribution in [-0.4, -0.2) is 15.2 Å². The second-order valence-electron chi connectivity index (χ2n) is 3.71. The fourth-order valence-corrected chi connectivity index (χ4v) is 2.14. The highest BCUT2D eigenvalue weighted by Crippen LogP contribution is 2.31. The van der Waals surface area contributed by atoms with Crippen molar-refractivity contribution in [2.75, 3.05) is 5.73 Å². The lowest BCUT2D eigenvalue weighted by Gasteiger charge is -1.97. The molecule has 3 N–H and O–H groups in total. The van der Waals surface area contributed by atoms with E-state index in [0.717, 1.165) is 26.8 Å². The number of aryl methyl sites for hydroxylation is 1. The van der Waals surface area contributed by atoms with Crippen LogP contribution in [0.1, 0.15) is 5.89 Å². The van der Waals surface area contributed by atoms with Crippen molar-refractivity contribution in [1.29, 1.82) is 0 Å². The van der Waals surface area contributed by atoms with Crippen LogP contribution in [0.4, 0.5) is 5.82 Å². The number of nitrogens with one attached hydrogen (secondary N) is 1. The minimum absolute atomic E-state index is 0.439. The minimum Gasteiger partial charge on any atom is -0.441 e. The Labute approximate surface area is 105 Å². The zero-order chi connectivity index (χ0) is 12.0. The van der Waals surface area contributed by atoms with E-state index in [4.69, 9.17) is 10.2 Å². The van der Waals surface area contributed by atoms with Crippen LogP contribution in [-0.2, 0) is 0 Å². The van der Waals surface area contributed by atoms with Crippen LogP contribution in [0.3, 0.4) is 0 Å². The first-order valence-electron chi connectivity index (χ1n) is 5.02. The first kappa shape index (κ1) is 10.3. The van der Waals surface area contributed by atoms with Gasteiger partial charge in [0.2, 0.25) is 0 Å². The van der Waals surface area contributed by atoms with E-state index in [1.165, 1.54) is 0 Å². The molecule has 3 aromatic rings. The number of anilines is 1. The van der Waals surface area contributed by atoms with E-state index < -0.39 is 0 Å². The van der Waals surface area contributed by atoms with Gasteiger partial charge >= 0.3 is 0 Å². The maximum absolute atomic E-state index is 5.67. The summed E-state index contributed by atoms with van der Waals surface area (Å²) in [6.45, 7) is 1.82. The fourth-order valence-electron chi connectivity index (χ4n) is 1.73. The first-order valence-corrected chi connectivity index (χ1v) is 5.81. The lowest BCUT2D eigenvalue weighted by molar-refractivity contribution is 0.561. The molecule has 0 unspecified atom stereocenters. The number of nitrogen functional groups attached to an aromatic ring is 1. The summed E-state index contributed by atoms with van der Waals surface area (Å²) in [7, 11) is 0. The number of rotatable bonds is 1. The number of halogens is 1. The summed E-state index contributed by atoms with van der Waals surface area (Å²) in [6.07, 6.45) is 0. The van der Waals surface area contributed by atoms with Gasteiger partial charge in [-0.1, -0.05) is 6.07 Å². The van der Waals surface area contributed by atoms with Crippen molar-refractivity contribution in [1.82, 2.24) is 15.2 Å². The average Bonchev–Trinajstić information content (AvgIpc) is 2.81. The lowest BCUT2D eigenvalue weighted by Crippen LogP contribution is -1.83. The average molecular weight is 293 g/mol. The summed E-state index contributed by atoms with van der Waals surface area (Å²) in [4.78, 5) is 4.25. The van der Waals surface area contributed by atoms with Crippen molar-refractivity contribution >= 4 is 32.8 Å². The predicted octanol–water partition coefficient (Wildman–Crippen LogP) is 2.87. The largest absolute Gasteiger partial charge is 0.441 e. The zero-order valence-electron chi connectivity index (χ0n) is 8.99. The maximum Gasteiger partial charge on any atom is 0.192 e. The van der Waals surface area contributed by atoms with Gasteiger partial charge in [-0.3, -0.25) is 5.10 Å². The summed E-state index contributed by atoms with van der Waals surface area (Å²) in [5.74, 6) is 1.09. The Morgan fingerprint density at radius 2 is 2.24 bits per heavy atom. The summed E-state index contributed by atoms with van der Waals surface area (Å²) < 4.78 is 6.24. The number of benzene rings is 1. The molecule has 0 saturated heterocycles. The minimum atomic E-state index is 0.439. The van der Waals surface area contributed by atoms with Gasteiger partial charge in [-0.2, -0.15) is 5.10 Å². The van der Waals surface area contributed by atoms with Crippen LogP contribution in [0.25, 0.3) is 22.4 Å². The molecule has 6 heteroatoms. The molecule has 2 heterocycles. The van der Waals surface area contributed by atoms with Crippen molar-refractivity contribution in [3.05, 3.63) is 28.6 Å². The molecule has 0 aliphatic heterocycles. The van der Waals surface area contributed by atoms with Gasteiger partial charge in [0.15, 0.2) is 17.3 Å². The van der Waals surface area contributed by atoms with Crippen molar-refractivity contribution in [3.8, 4) is 11.3 Å². The van der Waals surface area contributed by atoms with Gasteiger partial charge in [0.1, 0.15) is 5.52 Å². The highest BCUT2D eigenvalue weighted by molar-refractivity contribution is 9.10. The second-order valence-corrected chi connectivity index (χ2v) is 4.51. The van der Waals surface area contributed by atoms with Gasteiger partial charge in [-0.05, 0) is 28.1 Å². The standard InChI is InChI=1S/C11H9BrN4O/c1-5-14-7-3-2-6(4-8(7)17-5)10-9(12)11(13)16-15-10/h2-4H,1H3,(H3,13,15,16). The van der Waals surface area contributed by atoms with Crippen LogP contribution in [0.5, 0.6) is 0 Å². The third kappa shape index (κ3) is 1.61. The number of fused-ring (bicyclic) bond motifs is 1. The maximum atomic E-state index is 5.67. The highest BCUT2D eigenvalue weighted by atomic mass is 79.9. The molecule has 17 heavy (non-hydrogen) atoms. The summed E-state index contributed by atoms with van der Waals surface area (Å²) in [5.41, 5.74) is 9.04. The van der Waals surface area contributed by atoms with Crippen LogP contribution in [0.2, 0.25) is 0 Å². The summed E-state index contributed by atoms with van der Waals surface area (Å²) in [6, 6.07) is 5.76. The lowest BCUT2D eigenvalue weighted by atomic mass is 10.1. The monoisotopic (exact) mass is 292 g/mol. The van der Waals surface area contributed by atoms with E-state index in [1.54, 1.807) is 0 Å². The number of aromatic amines is 1. The number of nitrogens with two attached hydrogens (primary N) is 1. The predicted molar refractivity (Wildman–Crippen MR) is 68.4 cm³/mol. The van der Waals surface area contributed by atoms with E-state index >= 15 is 0 Å². The summed E-state index contributed by atoms with van der Waals surface area (Å²) >= 11 is 3.39. The number of nitrogens with zero attached hydrogens (tertiary/aromatic N) is 2. The van der Waals surface area contributed by atoms with Crippen molar-refractivity contribution in [2.45, 2.75) is 6.92 Å². The molecule has 0 amide bonds. The van der Waals surface area contributed by atoms with Crippen LogP contribution < -0.4 is 5.73 Å². The number of hydrogen-bond donors (Lipinski definition) is 2. The molecule has 0 aliphatic carbocycles. The topological polar surface area (TPSA) is 80.7 Å². The van der Waals surface area contributed by atoms with Crippen molar-refractivity contribution in [2.24, 2.45) is 0 Å². The second kappa shape index (κ2) is 3.59. The molecule has 0 spiro atoms. The van der Waals surface area contributed by atoms with E-state index in [0.29, 0.717) is 11.7 Å². The SMILES string of the molecule is Cc1nc2ccc(-c3[nH]nc(N)c3Br)cc2o1. The van der Waals surface area contributed by atoms with Crippen LogP contribution in [0, 0.1) is 6.92 Å². The van der Waals surface area contributed by atoms with E-state index in [9.17, 15) is 0 Å². The van der Waals surface area contributed by atoms with Gasteiger partial charge in [0, 0.05) is 12.5 Å². The Balaban J connectivity index is 2.20. The third-order valence-corrected chi connectivity index (χ3v) is 3.32. The fraction of sp³-hybridized carbons (Fsp3) is 0.0909. The Morgan fingerprint density at radius 1 is 1.41 bits per heavy atom. The van der Waals surface area contributed by atoms with Gasteiger partial charge in [-0.15, -0.1) is 0 Å². The summed E-state index contributed by atoms with van der Waals surface area (Å²) in [5, 5.41) is 6.82. The molecule has 0 bridgehead atoms. The Kier molecular flexibility index (Phi) is 2.19. The first-order chi connectivity index (χ1) is 8.15. The van der Waals surface area contributed by atoms with Crippen molar-refractivity contribution in [3.63, 3.8) is 0 Å². The van der Waals surface area contributed by atoms with E-state index in [1.807, 2.05) is 25.1 Å². The molecule has 0 saturated carbocycles. The van der Waals surface area contributed by atoms with Gasteiger partial charge in [0.05, 0.1) is 10.2 Å².